The van der Waals surface area contributed by atoms with Gasteiger partial charge in [-0.1, -0.05) is 19.4 Å². The highest BCUT2D eigenvalue weighted by Gasteiger charge is 2.33. The summed E-state index contributed by atoms with van der Waals surface area (Å²) >= 11 is 0. The van der Waals surface area contributed by atoms with Crippen molar-refractivity contribution >= 4 is 17.5 Å². The number of esters is 2. The second kappa shape index (κ2) is 9.19. The zero-order valence-corrected chi connectivity index (χ0v) is 14.6. The lowest BCUT2D eigenvalue weighted by atomic mass is 9.97. The fourth-order valence-electron chi connectivity index (χ4n) is 2.44. The first-order valence-corrected chi connectivity index (χ1v) is 7.99. The summed E-state index contributed by atoms with van der Waals surface area (Å²) in [5.41, 5.74) is 1.21. The standard InChI is InChI=1S/C18H22O7/c1-4-5-6-13-16(18(20)25-17(13)19)12-7-8-14(23-10-21-2)15(9-12)24-11-22-3/h7-9H,4-6,10-11H2,1-3H3. The number of hydrogen-bond acceptors (Lipinski definition) is 7. The van der Waals surface area contributed by atoms with E-state index in [1.54, 1.807) is 18.2 Å². The second-order valence-electron chi connectivity index (χ2n) is 5.40. The van der Waals surface area contributed by atoms with Crippen LogP contribution in [0, 0.1) is 0 Å². The van der Waals surface area contributed by atoms with Crippen molar-refractivity contribution in [2.75, 3.05) is 27.8 Å². The molecule has 0 N–H and O–H groups in total. The molecule has 0 saturated carbocycles. The van der Waals surface area contributed by atoms with E-state index in [0.717, 1.165) is 12.8 Å². The Morgan fingerprint density at radius 1 is 0.960 bits per heavy atom. The first-order valence-electron chi connectivity index (χ1n) is 7.99. The van der Waals surface area contributed by atoms with E-state index in [1.165, 1.54) is 14.2 Å². The van der Waals surface area contributed by atoms with Gasteiger partial charge in [-0.2, -0.15) is 0 Å². The molecule has 0 radical (unpaired) electrons. The van der Waals surface area contributed by atoms with Crippen molar-refractivity contribution < 1.29 is 33.3 Å². The van der Waals surface area contributed by atoms with Gasteiger partial charge in [0.1, 0.15) is 0 Å². The summed E-state index contributed by atoms with van der Waals surface area (Å²) in [6.45, 7) is 2.08. The first-order chi connectivity index (χ1) is 12.1. The fraction of sp³-hybridized carbons (Fsp3) is 0.444. The fourth-order valence-corrected chi connectivity index (χ4v) is 2.44. The van der Waals surface area contributed by atoms with Crippen molar-refractivity contribution in [1.82, 2.24) is 0 Å². The molecule has 0 spiro atoms. The van der Waals surface area contributed by atoms with Crippen LogP contribution in [0.15, 0.2) is 23.8 Å². The van der Waals surface area contributed by atoms with Crippen molar-refractivity contribution in [3.8, 4) is 11.5 Å². The van der Waals surface area contributed by atoms with E-state index in [1.807, 2.05) is 6.92 Å². The van der Waals surface area contributed by atoms with Crippen molar-refractivity contribution in [2.24, 2.45) is 0 Å². The topological polar surface area (TPSA) is 80.3 Å². The number of cyclic esters (lactones) is 2. The molecule has 1 heterocycles. The van der Waals surface area contributed by atoms with Crippen molar-refractivity contribution in [2.45, 2.75) is 26.2 Å². The predicted octanol–water partition coefficient (Wildman–Crippen LogP) is 2.68. The van der Waals surface area contributed by atoms with Crippen LogP contribution in [0.5, 0.6) is 11.5 Å². The zero-order valence-electron chi connectivity index (χ0n) is 14.6. The van der Waals surface area contributed by atoms with Gasteiger partial charge in [0.05, 0.1) is 11.1 Å². The molecule has 7 heteroatoms. The summed E-state index contributed by atoms with van der Waals surface area (Å²) in [6, 6.07) is 4.97. The molecule has 1 aliphatic heterocycles. The Kier molecular flexibility index (Phi) is 6.97. The number of hydrogen-bond donors (Lipinski definition) is 0. The van der Waals surface area contributed by atoms with Gasteiger partial charge in [0.15, 0.2) is 25.1 Å². The van der Waals surface area contributed by atoms with E-state index in [4.69, 9.17) is 23.7 Å². The molecule has 2 rings (SSSR count). The lowest BCUT2D eigenvalue weighted by molar-refractivity contribution is -0.150. The number of carbonyl (C=O) groups excluding carboxylic acids is 2. The molecule has 0 atom stereocenters. The Labute approximate surface area is 146 Å². The SMILES string of the molecule is CCCCC1=C(c2ccc(OCOC)c(OCOC)c2)C(=O)OC1=O. The van der Waals surface area contributed by atoms with Gasteiger partial charge in [0.25, 0.3) is 0 Å². The molecule has 1 aromatic rings. The van der Waals surface area contributed by atoms with Crippen LogP contribution in [-0.2, 0) is 23.8 Å². The largest absolute Gasteiger partial charge is 0.464 e. The molecule has 0 fully saturated rings. The molecule has 136 valence electrons. The van der Waals surface area contributed by atoms with Gasteiger partial charge in [-0.05, 0) is 30.5 Å². The first kappa shape index (κ1) is 19.0. The molecule has 0 aromatic heterocycles. The molecule has 7 nitrogen and oxygen atoms in total. The Morgan fingerprint density at radius 2 is 1.64 bits per heavy atom. The summed E-state index contributed by atoms with van der Waals surface area (Å²) < 4.78 is 25.5. The molecule has 0 amide bonds. The lowest BCUT2D eigenvalue weighted by Gasteiger charge is -2.13. The van der Waals surface area contributed by atoms with Crippen molar-refractivity contribution in [3.05, 3.63) is 29.3 Å². The van der Waals surface area contributed by atoms with Gasteiger partial charge in [0.2, 0.25) is 0 Å². The van der Waals surface area contributed by atoms with Gasteiger partial charge >= 0.3 is 11.9 Å². The molecular formula is C18H22O7. The van der Waals surface area contributed by atoms with E-state index in [0.29, 0.717) is 29.1 Å². The molecular weight excluding hydrogens is 328 g/mol. The molecule has 0 saturated heterocycles. The van der Waals surface area contributed by atoms with Gasteiger partial charge in [-0.3, -0.25) is 0 Å². The highest BCUT2D eigenvalue weighted by atomic mass is 16.7. The van der Waals surface area contributed by atoms with Gasteiger partial charge in [0, 0.05) is 14.2 Å². The average molecular weight is 350 g/mol. The Morgan fingerprint density at radius 3 is 2.28 bits per heavy atom. The highest BCUT2D eigenvalue weighted by Crippen LogP contribution is 2.36. The average Bonchev–Trinajstić information content (AvgIpc) is 2.89. The van der Waals surface area contributed by atoms with E-state index < -0.39 is 11.9 Å². The van der Waals surface area contributed by atoms with Crippen molar-refractivity contribution in [1.29, 1.82) is 0 Å². The molecule has 0 bridgehead atoms. The smallest absolute Gasteiger partial charge is 0.347 e. The van der Waals surface area contributed by atoms with Crippen LogP contribution >= 0.6 is 0 Å². The second-order valence-corrected chi connectivity index (χ2v) is 5.40. The minimum absolute atomic E-state index is 0.0118. The summed E-state index contributed by atoms with van der Waals surface area (Å²) in [5, 5.41) is 0. The summed E-state index contributed by atoms with van der Waals surface area (Å²) in [6.07, 6.45) is 2.19. The van der Waals surface area contributed by atoms with Gasteiger partial charge in [-0.15, -0.1) is 0 Å². The summed E-state index contributed by atoms with van der Waals surface area (Å²) in [5.74, 6) is -0.395. The quantitative estimate of drug-likeness (QED) is 0.364. The lowest BCUT2D eigenvalue weighted by Crippen LogP contribution is -2.06. The minimum atomic E-state index is -0.639. The number of unbranched alkanes of at least 4 members (excludes halogenated alkanes) is 1. The zero-order chi connectivity index (χ0) is 18.2. The Hall–Kier alpha value is -2.38. The van der Waals surface area contributed by atoms with Crippen LogP contribution in [0.4, 0.5) is 0 Å². The van der Waals surface area contributed by atoms with E-state index in [-0.39, 0.29) is 19.2 Å². The molecule has 0 unspecified atom stereocenters. The Balaban J connectivity index is 2.40. The molecule has 1 aliphatic rings. The normalized spacial score (nSPS) is 14.0. The highest BCUT2D eigenvalue weighted by molar-refractivity contribution is 6.30. The van der Waals surface area contributed by atoms with E-state index >= 15 is 0 Å². The minimum Gasteiger partial charge on any atom is -0.464 e. The van der Waals surface area contributed by atoms with Crippen LogP contribution in [0.1, 0.15) is 31.7 Å². The molecule has 1 aromatic carbocycles. The molecule has 25 heavy (non-hydrogen) atoms. The van der Waals surface area contributed by atoms with Crippen molar-refractivity contribution in [3.63, 3.8) is 0 Å². The van der Waals surface area contributed by atoms with Gasteiger partial charge in [-0.25, -0.2) is 9.59 Å². The van der Waals surface area contributed by atoms with Crippen LogP contribution in [0.2, 0.25) is 0 Å². The number of rotatable bonds is 10. The maximum atomic E-state index is 12.1. The maximum Gasteiger partial charge on any atom is 0.347 e. The molecule has 0 aliphatic carbocycles. The van der Waals surface area contributed by atoms with Crippen LogP contribution < -0.4 is 9.47 Å². The number of ether oxygens (including phenoxy) is 5. The van der Waals surface area contributed by atoms with E-state index in [9.17, 15) is 9.59 Å². The summed E-state index contributed by atoms with van der Waals surface area (Å²) in [4.78, 5) is 24.1. The summed E-state index contributed by atoms with van der Waals surface area (Å²) in [7, 11) is 3.01. The maximum absolute atomic E-state index is 12.1. The van der Waals surface area contributed by atoms with E-state index in [2.05, 4.69) is 0 Å². The monoisotopic (exact) mass is 350 g/mol. The number of benzene rings is 1. The Bertz CT molecular complexity index is 663. The third kappa shape index (κ3) is 4.58. The van der Waals surface area contributed by atoms with Crippen LogP contribution in [0.25, 0.3) is 5.57 Å². The third-order valence-electron chi connectivity index (χ3n) is 3.61. The number of methoxy groups -OCH3 is 2. The number of carbonyl (C=O) groups is 2. The van der Waals surface area contributed by atoms with Crippen LogP contribution in [0.3, 0.4) is 0 Å². The van der Waals surface area contributed by atoms with Crippen LogP contribution in [-0.4, -0.2) is 39.7 Å². The third-order valence-corrected chi connectivity index (χ3v) is 3.61. The van der Waals surface area contributed by atoms with Gasteiger partial charge < -0.3 is 23.7 Å². The predicted molar refractivity (Wildman–Crippen MR) is 89.0 cm³/mol.